The van der Waals surface area contributed by atoms with E-state index in [1.165, 1.54) is 12.1 Å². The third-order valence-corrected chi connectivity index (χ3v) is 4.40. The summed E-state index contributed by atoms with van der Waals surface area (Å²) in [6, 6.07) is 18.9. The molecule has 0 aromatic heterocycles. The van der Waals surface area contributed by atoms with Gasteiger partial charge < -0.3 is 15.3 Å². The number of benzene rings is 4. The number of aromatic carboxylic acids is 1. The van der Waals surface area contributed by atoms with Crippen LogP contribution in [0.5, 0.6) is 11.5 Å². The van der Waals surface area contributed by atoms with Gasteiger partial charge >= 0.3 is 5.97 Å². The average molecular weight is 330 g/mol. The minimum atomic E-state index is -1.01. The molecule has 0 amide bonds. The van der Waals surface area contributed by atoms with E-state index in [-0.39, 0.29) is 17.1 Å². The van der Waals surface area contributed by atoms with Crippen LogP contribution in [0.15, 0.2) is 66.7 Å². The van der Waals surface area contributed by atoms with Crippen LogP contribution in [0.4, 0.5) is 0 Å². The Morgan fingerprint density at radius 2 is 1.28 bits per heavy atom. The third kappa shape index (κ3) is 2.35. The lowest BCUT2D eigenvalue weighted by Gasteiger charge is -2.14. The van der Waals surface area contributed by atoms with Crippen LogP contribution in [-0.4, -0.2) is 21.3 Å². The highest BCUT2D eigenvalue weighted by Gasteiger charge is 2.17. The van der Waals surface area contributed by atoms with Crippen LogP contribution < -0.4 is 0 Å². The molecule has 0 fully saturated rings. The van der Waals surface area contributed by atoms with Gasteiger partial charge in [-0.25, -0.2) is 4.79 Å². The zero-order valence-corrected chi connectivity index (χ0v) is 13.1. The molecule has 0 saturated carbocycles. The predicted octanol–water partition coefficient (Wildman–Crippen LogP) is 4.77. The van der Waals surface area contributed by atoms with Gasteiger partial charge in [0.25, 0.3) is 0 Å². The quantitative estimate of drug-likeness (QED) is 0.495. The van der Waals surface area contributed by atoms with Crippen LogP contribution in [0.1, 0.15) is 10.4 Å². The van der Waals surface area contributed by atoms with Crippen molar-refractivity contribution in [2.24, 2.45) is 0 Å². The summed E-state index contributed by atoms with van der Waals surface area (Å²) in [6.45, 7) is 0. The lowest BCUT2D eigenvalue weighted by atomic mass is 9.92. The number of carbonyl (C=O) groups is 1. The summed E-state index contributed by atoms with van der Waals surface area (Å²) in [5.74, 6) is -0.921. The zero-order valence-electron chi connectivity index (χ0n) is 13.1. The summed E-state index contributed by atoms with van der Waals surface area (Å²) >= 11 is 0. The summed E-state index contributed by atoms with van der Waals surface area (Å²) in [5.41, 5.74) is 1.19. The zero-order chi connectivity index (χ0) is 17.6. The largest absolute Gasteiger partial charge is 0.507 e. The second-order valence-corrected chi connectivity index (χ2v) is 5.88. The van der Waals surface area contributed by atoms with E-state index in [1.54, 1.807) is 24.3 Å². The van der Waals surface area contributed by atoms with Crippen LogP contribution in [0.2, 0.25) is 0 Å². The fourth-order valence-corrected chi connectivity index (χ4v) is 3.24. The Morgan fingerprint density at radius 3 is 1.96 bits per heavy atom. The second-order valence-electron chi connectivity index (χ2n) is 5.88. The lowest BCUT2D eigenvalue weighted by Crippen LogP contribution is -1.95. The fourth-order valence-electron chi connectivity index (χ4n) is 3.24. The molecule has 0 saturated heterocycles. The Morgan fingerprint density at radius 1 is 0.680 bits per heavy atom. The van der Waals surface area contributed by atoms with Crippen molar-refractivity contribution in [2.75, 3.05) is 0 Å². The van der Waals surface area contributed by atoms with Crippen molar-refractivity contribution >= 4 is 27.5 Å². The van der Waals surface area contributed by atoms with Crippen molar-refractivity contribution in [3.05, 3.63) is 72.3 Å². The number of phenols is 2. The Kier molecular flexibility index (Phi) is 3.32. The van der Waals surface area contributed by atoms with Gasteiger partial charge in [0.05, 0.1) is 5.56 Å². The highest BCUT2D eigenvalue weighted by molar-refractivity contribution is 6.10. The van der Waals surface area contributed by atoms with Gasteiger partial charge in [0.2, 0.25) is 0 Å². The van der Waals surface area contributed by atoms with Crippen molar-refractivity contribution < 1.29 is 20.1 Å². The van der Waals surface area contributed by atoms with Gasteiger partial charge in [-0.1, -0.05) is 42.5 Å². The smallest absolute Gasteiger partial charge is 0.335 e. The van der Waals surface area contributed by atoms with Crippen molar-refractivity contribution in [1.82, 2.24) is 0 Å². The maximum atomic E-state index is 11.2. The SMILES string of the molecule is O=C(O)c1ccc2c(-c3c(O)ccc4ccccc34)c(O)ccc2c1. The second kappa shape index (κ2) is 5.53. The molecule has 0 bridgehead atoms. The van der Waals surface area contributed by atoms with Gasteiger partial charge in [-0.3, -0.25) is 0 Å². The fraction of sp³-hybridized carbons (Fsp3) is 0. The monoisotopic (exact) mass is 330 g/mol. The minimum Gasteiger partial charge on any atom is -0.507 e. The molecule has 4 aromatic rings. The van der Waals surface area contributed by atoms with E-state index < -0.39 is 5.97 Å². The molecule has 25 heavy (non-hydrogen) atoms. The summed E-state index contributed by atoms with van der Waals surface area (Å²) < 4.78 is 0. The van der Waals surface area contributed by atoms with E-state index in [0.717, 1.165) is 10.8 Å². The normalized spacial score (nSPS) is 11.0. The van der Waals surface area contributed by atoms with Gasteiger partial charge in [0.15, 0.2) is 0 Å². The summed E-state index contributed by atoms with van der Waals surface area (Å²) in [4.78, 5) is 11.2. The van der Waals surface area contributed by atoms with E-state index in [9.17, 15) is 20.1 Å². The van der Waals surface area contributed by atoms with Crippen molar-refractivity contribution in [3.8, 4) is 22.6 Å². The first-order valence-electron chi connectivity index (χ1n) is 7.76. The molecular weight excluding hydrogens is 316 g/mol. The number of carboxylic acids is 1. The minimum absolute atomic E-state index is 0.0298. The van der Waals surface area contributed by atoms with Crippen LogP contribution in [0.3, 0.4) is 0 Å². The molecule has 4 rings (SSSR count). The van der Waals surface area contributed by atoms with Gasteiger partial charge in [0, 0.05) is 11.1 Å². The van der Waals surface area contributed by atoms with Crippen molar-refractivity contribution in [1.29, 1.82) is 0 Å². The Bertz CT molecular complexity index is 1150. The first kappa shape index (κ1) is 15.0. The number of carboxylic acid groups (broad SMARTS) is 1. The maximum absolute atomic E-state index is 11.2. The van der Waals surface area contributed by atoms with Crippen molar-refractivity contribution in [2.45, 2.75) is 0 Å². The highest BCUT2D eigenvalue weighted by atomic mass is 16.4. The number of phenolic OH excluding ortho intramolecular Hbond substituents is 2. The van der Waals surface area contributed by atoms with Crippen LogP contribution >= 0.6 is 0 Å². The molecule has 0 heterocycles. The summed E-state index contributed by atoms with van der Waals surface area (Å²) in [7, 11) is 0. The van der Waals surface area contributed by atoms with Crippen LogP contribution in [-0.2, 0) is 0 Å². The number of fused-ring (bicyclic) bond motifs is 2. The molecule has 0 unspecified atom stereocenters. The number of aromatic hydroxyl groups is 2. The first-order chi connectivity index (χ1) is 12.1. The highest BCUT2D eigenvalue weighted by Crippen LogP contribution is 2.44. The van der Waals surface area contributed by atoms with Gasteiger partial charge in [0.1, 0.15) is 11.5 Å². The Labute approximate surface area is 143 Å². The van der Waals surface area contributed by atoms with E-state index >= 15 is 0 Å². The standard InChI is InChI=1S/C21H14O4/c22-17-9-6-12-3-1-2-4-15(12)19(17)20-16-8-5-14(21(24)25)11-13(16)7-10-18(20)23/h1-11,22-23H,(H,24,25). The molecule has 4 heteroatoms. The van der Waals surface area contributed by atoms with Crippen molar-refractivity contribution in [3.63, 3.8) is 0 Å². The molecule has 0 aliphatic carbocycles. The predicted molar refractivity (Wildman–Crippen MR) is 97.2 cm³/mol. The topological polar surface area (TPSA) is 77.8 Å². The molecule has 4 nitrogen and oxygen atoms in total. The molecule has 122 valence electrons. The van der Waals surface area contributed by atoms with E-state index in [1.807, 2.05) is 30.3 Å². The molecule has 0 aliphatic heterocycles. The molecule has 4 aromatic carbocycles. The molecule has 0 radical (unpaired) electrons. The molecule has 3 N–H and O–H groups in total. The first-order valence-corrected chi connectivity index (χ1v) is 7.76. The Hall–Kier alpha value is -3.53. The molecule has 0 spiro atoms. The average Bonchev–Trinajstić information content (AvgIpc) is 2.62. The van der Waals surface area contributed by atoms with E-state index in [4.69, 9.17) is 0 Å². The molecule has 0 atom stereocenters. The lowest BCUT2D eigenvalue weighted by molar-refractivity contribution is 0.0697. The van der Waals surface area contributed by atoms with Crippen LogP contribution in [0, 0.1) is 0 Å². The summed E-state index contributed by atoms with van der Waals surface area (Å²) in [5, 5.41) is 33.3. The Balaban J connectivity index is 2.13. The van der Waals surface area contributed by atoms with E-state index in [2.05, 4.69) is 0 Å². The molecule has 0 aliphatic rings. The number of hydrogen-bond acceptors (Lipinski definition) is 3. The van der Waals surface area contributed by atoms with E-state index in [0.29, 0.717) is 21.9 Å². The van der Waals surface area contributed by atoms with Gasteiger partial charge in [-0.05, 0) is 45.8 Å². The number of hydrogen-bond donors (Lipinski definition) is 3. The third-order valence-electron chi connectivity index (χ3n) is 4.40. The summed E-state index contributed by atoms with van der Waals surface area (Å²) in [6.07, 6.45) is 0. The molecular formula is C21H14O4. The maximum Gasteiger partial charge on any atom is 0.335 e. The van der Waals surface area contributed by atoms with Gasteiger partial charge in [-0.2, -0.15) is 0 Å². The van der Waals surface area contributed by atoms with Gasteiger partial charge in [-0.15, -0.1) is 0 Å². The number of rotatable bonds is 2. The van der Waals surface area contributed by atoms with Crippen LogP contribution in [0.25, 0.3) is 32.7 Å².